The molecule has 0 aliphatic carbocycles. The Morgan fingerprint density at radius 1 is 1.14 bits per heavy atom. The Morgan fingerprint density at radius 3 is 2.46 bits per heavy atom. The Balaban J connectivity index is 1.71. The van der Waals surface area contributed by atoms with Crippen molar-refractivity contribution in [2.45, 2.75) is 32.9 Å². The summed E-state index contributed by atoms with van der Waals surface area (Å²) in [5, 5.41) is 4.61. The molecule has 0 N–H and O–H groups in total. The minimum Gasteiger partial charge on any atom is -0.478 e. The average Bonchev–Trinajstić information content (AvgIpc) is 3.16. The van der Waals surface area contributed by atoms with Gasteiger partial charge in [0.15, 0.2) is 5.60 Å². The fraction of sp³-hybridized carbons (Fsp3) is 0.286. The summed E-state index contributed by atoms with van der Waals surface area (Å²) in [5.74, 6) is 1.26. The summed E-state index contributed by atoms with van der Waals surface area (Å²) in [6.45, 7) is 6.05. The molecule has 0 aliphatic heterocycles. The standard InChI is InChI=1S/C21H22ClN3O3/c1-4-25(14-18-23-19(24-28-18)15-8-6-5-7-9-15)20(26)21(2,3)27-17-12-10-16(22)11-13-17/h5-13H,4,14H2,1-3H3. The van der Waals surface area contributed by atoms with Crippen molar-refractivity contribution in [1.29, 1.82) is 0 Å². The molecule has 0 saturated carbocycles. The molecule has 0 unspecified atom stereocenters. The number of amides is 1. The lowest BCUT2D eigenvalue weighted by Crippen LogP contribution is -2.48. The summed E-state index contributed by atoms with van der Waals surface area (Å²) < 4.78 is 11.2. The second-order valence-electron chi connectivity index (χ2n) is 6.76. The Morgan fingerprint density at radius 2 is 1.82 bits per heavy atom. The van der Waals surface area contributed by atoms with Crippen molar-refractivity contribution < 1.29 is 14.1 Å². The minimum absolute atomic E-state index is 0.176. The zero-order chi connectivity index (χ0) is 20.1. The molecule has 0 aliphatic rings. The molecule has 0 fully saturated rings. The van der Waals surface area contributed by atoms with Crippen molar-refractivity contribution in [3.8, 4) is 17.1 Å². The van der Waals surface area contributed by atoms with Gasteiger partial charge in [-0.05, 0) is 45.0 Å². The highest BCUT2D eigenvalue weighted by Gasteiger charge is 2.34. The van der Waals surface area contributed by atoms with Crippen LogP contribution in [0.15, 0.2) is 59.1 Å². The first-order chi connectivity index (χ1) is 13.4. The van der Waals surface area contributed by atoms with E-state index in [0.717, 1.165) is 5.56 Å². The van der Waals surface area contributed by atoms with E-state index in [1.165, 1.54) is 0 Å². The van der Waals surface area contributed by atoms with Crippen LogP contribution in [0.3, 0.4) is 0 Å². The molecule has 0 radical (unpaired) electrons. The van der Waals surface area contributed by atoms with Gasteiger partial charge in [0.05, 0.1) is 0 Å². The van der Waals surface area contributed by atoms with Gasteiger partial charge in [-0.25, -0.2) is 0 Å². The van der Waals surface area contributed by atoms with E-state index >= 15 is 0 Å². The Labute approximate surface area is 169 Å². The molecule has 1 amide bonds. The lowest BCUT2D eigenvalue weighted by Gasteiger charge is -2.31. The first-order valence-electron chi connectivity index (χ1n) is 9.01. The highest BCUT2D eigenvalue weighted by Crippen LogP contribution is 2.23. The van der Waals surface area contributed by atoms with Gasteiger partial charge < -0.3 is 14.2 Å². The minimum atomic E-state index is -1.06. The summed E-state index contributed by atoms with van der Waals surface area (Å²) in [6.07, 6.45) is 0. The summed E-state index contributed by atoms with van der Waals surface area (Å²) in [5.41, 5.74) is -0.204. The zero-order valence-electron chi connectivity index (χ0n) is 16.1. The van der Waals surface area contributed by atoms with Gasteiger partial charge >= 0.3 is 0 Å². The summed E-state index contributed by atoms with van der Waals surface area (Å²) in [7, 11) is 0. The van der Waals surface area contributed by atoms with Gasteiger partial charge in [0.25, 0.3) is 5.91 Å². The number of hydrogen-bond donors (Lipinski definition) is 0. The maximum Gasteiger partial charge on any atom is 0.266 e. The molecule has 7 heteroatoms. The van der Waals surface area contributed by atoms with Crippen LogP contribution in [0.25, 0.3) is 11.4 Å². The normalized spacial score (nSPS) is 11.3. The number of halogens is 1. The van der Waals surface area contributed by atoms with Crippen LogP contribution in [-0.4, -0.2) is 33.1 Å². The van der Waals surface area contributed by atoms with Crippen LogP contribution < -0.4 is 4.74 Å². The Hall–Kier alpha value is -2.86. The molecule has 1 aromatic heterocycles. The third kappa shape index (κ3) is 4.70. The van der Waals surface area contributed by atoms with Gasteiger partial charge in [-0.1, -0.05) is 47.1 Å². The quantitative estimate of drug-likeness (QED) is 0.581. The maximum atomic E-state index is 13.0. The van der Waals surface area contributed by atoms with Crippen LogP contribution in [0.5, 0.6) is 5.75 Å². The average molecular weight is 400 g/mol. The van der Waals surface area contributed by atoms with Crippen LogP contribution in [-0.2, 0) is 11.3 Å². The van der Waals surface area contributed by atoms with Crippen LogP contribution in [0, 0.1) is 0 Å². The molecule has 28 heavy (non-hydrogen) atoms. The van der Waals surface area contributed by atoms with Gasteiger partial charge in [-0.3, -0.25) is 4.79 Å². The number of aromatic nitrogens is 2. The van der Waals surface area contributed by atoms with Crippen molar-refractivity contribution >= 4 is 17.5 Å². The predicted octanol–water partition coefficient (Wildman–Crippen LogP) is 4.60. The van der Waals surface area contributed by atoms with Crippen molar-refractivity contribution in [3.05, 3.63) is 65.5 Å². The fourth-order valence-corrected chi connectivity index (χ4v) is 2.86. The third-order valence-corrected chi connectivity index (χ3v) is 4.45. The number of benzene rings is 2. The van der Waals surface area contributed by atoms with Crippen LogP contribution in [0.1, 0.15) is 26.7 Å². The predicted molar refractivity (Wildman–Crippen MR) is 107 cm³/mol. The lowest BCUT2D eigenvalue weighted by molar-refractivity contribution is -0.146. The number of carbonyl (C=O) groups excluding carboxylic acids is 1. The summed E-state index contributed by atoms with van der Waals surface area (Å²) in [6, 6.07) is 16.5. The number of carbonyl (C=O) groups is 1. The molecule has 3 rings (SSSR count). The number of rotatable bonds is 7. The van der Waals surface area contributed by atoms with Crippen molar-refractivity contribution in [3.63, 3.8) is 0 Å². The first kappa shape index (κ1) is 19.9. The third-order valence-electron chi connectivity index (χ3n) is 4.20. The van der Waals surface area contributed by atoms with E-state index in [9.17, 15) is 4.79 Å². The highest BCUT2D eigenvalue weighted by molar-refractivity contribution is 6.30. The molecule has 6 nitrogen and oxygen atoms in total. The molecular formula is C21H22ClN3O3. The fourth-order valence-electron chi connectivity index (χ4n) is 2.74. The SMILES string of the molecule is CCN(Cc1nc(-c2ccccc2)no1)C(=O)C(C)(C)Oc1ccc(Cl)cc1. The van der Waals surface area contributed by atoms with E-state index in [4.69, 9.17) is 20.9 Å². The van der Waals surface area contributed by atoms with Gasteiger partial charge in [0.1, 0.15) is 12.3 Å². The maximum absolute atomic E-state index is 13.0. The van der Waals surface area contributed by atoms with E-state index in [0.29, 0.717) is 29.0 Å². The molecule has 2 aromatic carbocycles. The van der Waals surface area contributed by atoms with E-state index < -0.39 is 5.60 Å². The number of likely N-dealkylation sites (N-methyl/N-ethyl adjacent to an activating group) is 1. The van der Waals surface area contributed by atoms with Gasteiger partial charge in [-0.15, -0.1) is 0 Å². The van der Waals surface area contributed by atoms with Crippen molar-refractivity contribution in [1.82, 2.24) is 15.0 Å². The Bertz CT molecular complexity index is 924. The first-order valence-corrected chi connectivity index (χ1v) is 9.39. The molecule has 146 valence electrons. The molecule has 0 spiro atoms. The van der Waals surface area contributed by atoms with Crippen LogP contribution >= 0.6 is 11.6 Å². The molecule has 0 atom stereocenters. The number of nitrogens with zero attached hydrogens (tertiary/aromatic N) is 3. The summed E-state index contributed by atoms with van der Waals surface area (Å²) >= 11 is 5.90. The van der Waals surface area contributed by atoms with Gasteiger partial charge in [0, 0.05) is 17.1 Å². The monoisotopic (exact) mass is 399 g/mol. The molecule has 1 heterocycles. The van der Waals surface area contributed by atoms with Crippen LogP contribution in [0.4, 0.5) is 0 Å². The van der Waals surface area contributed by atoms with Crippen LogP contribution in [0.2, 0.25) is 5.02 Å². The molecule has 0 saturated heterocycles. The van der Waals surface area contributed by atoms with E-state index in [-0.39, 0.29) is 12.5 Å². The van der Waals surface area contributed by atoms with Gasteiger partial charge in [0.2, 0.25) is 11.7 Å². The molecule has 0 bridgehead atoms. The summed E-state index contributed by atoms with van der Waals surface area (Å²) in [4.78, 5) is 19.1. The zero-order valence-corrected chi connectivity index (χ0v) is 16.8. The second-order valence-corrected chi connectivity index (χ2v) is 7.20. The second kappa shape index (κ2) is 8.44. The van der Waals surface area contributed by atoms with Gasteiger partial charge in [-0.2, -0.15) is 4.98 Å². The largest absolute Gasteiger partial charge is 0.478 e. The number of ether oxygens (including phenoxy) is 1. The van der Waals surface area contributed by atoms with E-state index in [2.05, 4.69) is 10.1 Å². The highest BCUT2D eigenvalue weighted by atomic mass is 35.5. The molecule has 3 aromatic rings. The van der Waals surface area contributed by atoms with Crippen molar-refractivity contribution in [2.75, 3.05) is 6.54 Å². The van der Waals surface area contributed by atoms with E-state index in [1.807, 2.05) is 37.3 Å². The van der Waals surface area contributed by atoms with E-state index in [1.54, 1.807) is 43.0 Å². The smallest absolute Gasteiger partial charge is 0.266 e. The lowest BCUT2D eigenvalue weighted by atomic mass is 10.1. The Kier molecular flexibility index (Phi) is 5.99. The number of hydrogen-bond acceptors (Lipinski definition) is 5. The molecular weight excluding hydrogens is 378 g/mol. The topological polar surface area (TPSA) is 68.5 Å². The van der Waals surface area contributed by atoms with Crippen molar-refractivity contribution in [2.24, 2.45) is 0 Å².